The largest absolute Gasteiger partial charge is 0.480 e. The SMILES string of the molecule is CCCC(NC1CCC(O)(c2ccc(C(C)C)cc2)CC1)C(=O)O. The topological polar surface area (TPSA) is 69.6 Å². The highest BCUT2D eigenvalue weighted by atomic mass is 16.4. The van der Waals surface area contributed by atoms with Crippen molar-refractivity contribution in [2.45, 2.75) is 82.9 Å². The van der Waals surface area contributed by atoms with E-state index in [0.717, 1.165) is 24.8 Å². The van der Waals surface area contributed by atoms with Gasteiger partial charge in [-0.05, 0) is 49.1 Å². The van der Waals surface area contributed by atoms with Gasteiger partial charge >= 0.3 is 5.97 Å². The molecule has 0 aliphatic heterocycles. The lowest BCUT2D eigenvalue weighted by molar-refractivity contribution is -0.140. The van der Waals surface area contributed by atoms with Crippen LogP contribution in [0.5, 0.6) is 0 Å². The van der Waals surface area contributed by atoms with Gasteiger partial charge in [-0.3, -0.25) is 4.79 Å². The van der Waals surface area contributed by atoms with Crippen molar-refractivity contribution in [1.29, 1.82) is 0 Å². The molecule has 24 heavy (non-hydrogen) atoms. The van der Waals surface area contributed by atoms with Gasteiger partial charge in [0.15, 0.2) is 0 Å². The van der Waals surface area contributed by atoms with Gasteiger partial charge in [-0.1, -0.05) is 51.5 Å². The van der Waals surface area contributed by atoms with Gasteiger partial charge in [-0.15, -0.1) is 0 Å². The number of hydrogen-bond acceptors (Lipinski definition) is 3. The van der Waals surface area contributed by atoms with Gasteiger partial charge in [0.25, 0.3) is 0 Å². The quantitative estimate of drug-likeness (QED) is 0.710. The average molecular weight is 333 g/mol. The summed E-state index contributed by atoms with van der Waals surface area (Å²) in [6.07, 6.45) is 4.44. The van der Waals surface area contributed by atoms with E-state index in [-0.39, 0.29) is 6.04 Å². The molecule has 0 radical (unpaired) electrons. The van der Waals surface area contributed by atoms with Crippen LogP contribution in [0.1, 0.15) is 76.3 Å². The number of carboxylic acid groups (broad SMARTS) is 1. The molecule has 0 heterocycles. The predicted molar refractivity (Wildman–Crippen MR) is 96.2 cm³/mol. The first kappa shape index (κ1) is 18.9. The van der Waals surface area contributed by atoms with E-state index in [1.807, 2.05) is 19.1 Å². The van der Waals surface area contributed by atoms with Gasteiger partial charge < -0.3 is 15.5 Å². The fraction of sp³-hybridized carbons (Fsp3) is 0.650. The molecule has 1 saturated carbocycles. The Bertz CT molecular complexity index is 530. The molecule has 4 heteroatoms. The molecule has 1 fully saturated rings. The molecule has 1 aliphatic carbocycles. The van der Waals surface area contributed by atoms with Crippen LogP contribution in [0.25, 0.3) is 0 Å². The molecule has 134 valence electrons. The minimum absolute atomic E-state index is 0.174. The second-order valence-corrected chi connectivity index (χ2v) is 7.43. The molecule has 1 unspecified atom stereocenters. The fourth-order valence-corrected chi connectivity index (χ4v) is 3.58. The summed E-state index contributed by atoms with van der Waals surface area (Å²) in [5.74, 6) is -0.290. The summed E-state index contributed by atoms with van der Waals surface area (Å²) in [6, 6.07) is 7.98. The Hall–Kier alpha value is -1.39. The highest BCUT2D eigenvalue weighted by Crippen LogP contribution is 2.37. The number of nitrogens with one attached hydrogen (secondary N) is 1. The second kappa shape index (κ2) is 8.13. The monoisotopic (exact) mass is 333 g/mol. The first-order valence-electron chi connectivity index (χ1n) is 9.17. The van der Waals surface area contributed by atoms with Crippen molar-refractivity contribution in [2.24, 2.45) is 0 Å². The molecular weight excluding hydrogens is 302 g/mol. The smallest absolute Gasteiger partial charge is 0.320 e. The average Bonchev–Trinajstić information content (AvgIpc) is 2.56. The van der Waals surface area contributed by atoms with Gasteiger partial charge in [0.05, 0.1) is 5.60 Å². The number of hydrogen-bond donors (Lipinski definition) is 3. The van der Waals surface area contributed by atoms with E-state index in [1.165, 1.54) is 5.56 Å². The maximum absolute atomic E-state index is 11.3. The summed E-state index contributed by atoms with van der Waals surface area (Å²) in [7, 11) is 0. The van der Waals surface area contributed by atoms with Crippen molar-refractivity contribution >= 4 is 5.97 Å². The van der Waals surface area contributed by atoms with Crippen molar-refractivity contribution in [3.63, 3.8) is 0 Å². The number of rotatable bonds is 7. The Morgan fingerprint density at radius 3 is 2.29 bits per heavy atom. The van der Waals surface area contributed by atoms with E-state index in [4.69, 9.17) is 0 Å². The summed E-state index contributed by atoms with van der Waals surface area (Å²) in [6.45, 7) is 6.32. The molecule has 4 nitrogen and oxygen atoms in total. The fourth-order valence-electron chi connectivity index (χ4n) is 3.58. The van der Waals surface area contributed by atoms with E-state index in [9.17, 15) is 15.0 Å². The molecule has 0 aromatic heterocycles. The molecule has 1 aliphatic rings. The van der Waals surface area contributed by atoms with Crippen molar-refractivity contribution in [3.05, 3.63) is 35.4 Å². The minimum atomic E-state index is -0.781. The number of aliphatic carboxylic acids is 1. The van der Waals surface area contributed by atoms with Crippen molar-refractivity contribution in [3.8, 4) is 0 Å². The van der Waals surface area contributed by atoms with E-state index < -0.39 is 17.6 Å². The molecule has 1 atom stereocenters. The van der Waals surface area contributed by atoms with Crippen LogP contribution in [-0.2, 0) is 10.4 Å². The molecule has 2 rings (SSSR count). The Morgan fingerprint density at radius 1 is 1.25 bits per heavy atom. The molecule has 0 amide bonds. The molecule has 0 saturated heterocycles. The van der Waals surface area contributed by atoms with Crippen LogP contribution in [0, 0.1) is 0 Å². The third-order valence-corrected chi connectivity index (χ3v) is 5.24. The maximum Gasteiger partial charge on any atom is 0.320 e. The Balaban J connectivity index is 1.96. The lowest BCUT2D eigenvalue weighted by Gasteiger charge is -2.37. The van der Waals surface area contributed by atoms with Crippen LogP contribution in [0.15, 0.2) is 24.3 Å². The van der Waals surface area contributed by atoms with Crippen LogP contribution in [-0.4, -0.2) is 28.3 Å². The van der Waals surface area contributed by atoms with Crippen LogP contribution in [0.2, 0.25) is 0 Å². The summed E-state index contributed by atoms with van der Waals surface area (Å²) in [4.78, 5) is 11.3. The van der Waals surface area contributed by atoms with Gasteiger partial charge in [-0.2, -0.15) is 0 Å². The summed E-state index contributed by atoms with van der Waals surface area (Å²) in [5, 5.41) is 23.5. The van der Waals surface area contributed by atoms with Gasteiger partial charge in [0.1, 0.15) is 6.04 Å². The van der Waals surface area contributed by atoms with E-state index in [2.05, 4.69) is 31.3 Å². The molecule has 3 N–H and O–H groups in total. The molecular formula is C20H31NO3. The summed E-state index contributed by atoms with van der Waals surface area (Å²) < 4.78 is 0. The van der Waals surface area contributed by atoms with E-state index in [0.29, 0.717) is 25.2 Å². The number of aliphatic hydroxyl groups is 1. The van der Waals surface area contributed by atoms with Gasteiger partial charge in [0.2, 0.25) is 0 Å². The van der Waals surface area contributed by atoms with Crippen LogP contribution in [0.4, 0.5) is 0 Å². The summed E-state index contributed by atoms with van der Waals surface area (Å²) in [5.41, 5.74) is 1.48. The lowest BCUT2D eigenvalue weighted by atomic mass is 9.77. The Morgan fingerprint density at radius 2 is 1.83 bits per heavy atom. The first-order chi connectivity index (χ1) is 11.4. The molecule has 0 spiro atoms. The van der Waals surface area contributed by atoms with Crippen LogP contribution >= 0.6 is 0 Å². The van der Waals surface area contributed by atoms with E-state index in [1.54, 1.807) is 0 Å². The van der Waals surface area contributed by atoms with E-state index >= 15 is 0 Å². The Labute approximate surface area is 145 Å². The molecule has 1 aromatic rings. The third-order valence-electron chi connectivity index (χ3n) is 5.24. The predicted octanol–water partition coefficient (Wildman–Crippen LogP) is 3.78. The number of benzene rings is 1. The molecule has 1 aromatic carbocycles. The second-order valence-electron chi connectivity index (χ2n) is 7.43. The van der Waals surface area contributed by atoms with Crippen LogP contribution < -0.4 is 5.32 Å². The van der Waals surface area contributed by atoms with Crippen molar-refractivity contribution in [1.82, 2.24) is 5.32 Å². The zero-order chi connectivity index (χ0) is 17.7. The standard InChI is InChI=1S/C20H31NO3/c1-4-5-18(19(22)23)21-17-10-12-20(24,13-11-17)16-8-6-15(7-9-16)14(2)3/h6-9,14,17-18,21,24H,4-5,10-13H2,1-3H3,(H,22,23). The lowest BCUT2D eigenvalue weighted by Crippen LogP contribution is -2.47. The van der Waals surface area contributed by atoms with Gasteiger partial charge in [-0.25, -0.2) is 0 Å². The van der Waals surface area contributed by atoms with Crippen LogP contribution in [0.3, 0.4) is 0 Å². The third kappa shape index (κ3) is 4.58. The maximum atomic E-state index is 11.3. The zero-order valence-electron chi connectivity index (χ0n) is 15.1. The first-order valence-corrected chi connectivity index (χ1v) is 9.17. The number of carbonyl (C=O) groups is 1. The normalized spacial score (nSPS) is 25.6. The molecule has 0 bridgehead atoms. The van der Waals surface area contributed by atoms with Gasteiger partial charge in [0, 0.05) is 6.04 Å². The van der Waals surface area contributed by atoms with Crippen molar-refractivity contribution < 1.29 is 15.0 Å². The highest BCUT2D eigenvalue weighted by Gasteiger charge is 2.35. The highest BCUT2D eigenvalue weighted by molar-refractivity contribution is 5.73. The number of carboxylic acids is 1. The zero-order valence-corrected chi connectivity index (χ0v) is 15.1. The summed E-state index contributed by atoms with van der Waals surface area (Å²) >= 11 is 0. The Kier molecular flexibility index (Phi) is 6.41. The van der Waals surface area contributed by atoms with Crippen molar-refractivity contribution in [2.75, 3.05) is 0 Å². The minimum Gasteiger partial charge on any atom is -0.480 e.